The summed E-state index contributed by atoms with van der Waals surface area (Å²) in [5.74, 6) is 1.71. The maximum Gasteiger partial charge on any atom is 0.221 e. The van der Waals surface area contributed by atoms with Gasteiger partial charge in [-0.05, 0) is 56.6 Å². The Kier molecular flexibility index (Phi) is 10.7. The molecule has 1 amide bonds. The Balaban J connectivity index is 0.00000341. The smallest absolute Gasteiger partial charge is 0.221 e. The largest absolute Gasteiger partial charge is 0.497 e. The van der Waals surface area contributed by atoms with Crippen LogP contribution >= 0.6 is 24.0 Å². The van der Waals surface area contributed by atoms with E-state index in [-0.39, 0.29) is 35.8 Å². The van der Waals surface area contributed by atoms with Gasteiger partial charge in [-0.2, -0.15) is 0 Å². The molecule has 3 N–H and O–H groups in total. The van der Waals surface area contributed by atoms with E-state index < -0.39 is 0 Å². The second kappa shape index (κ2) is 12.9. The minimum absolute atomic E-state index is 0. The van der Waals surface area contributed by atoms with Gasteiger partial charge < -0.3 is 30.5 Å². The average molecular weight is 544 g/mol. The molecule has 3 rings (SSSR count). The van der Waals surface area contributed by atoms with Crippen molar-refractivity contribution >= 4 is 41.5 Å². The summed E-state index contributed by atoms with van der Waals surface area (Å²) in [5, 5.41) is 3.50. The number of halogens is 1. The maximum absolute atomic E-state index is 11.4. The first kappa shape index (κ1) is 25.5. The number of hydrogen-bond donors (Lipinski definition) is 2. The summed E-state index contributed by atoms with van der Waals surface area (Å²) in [6.07, 6.45) is 3.01. The van der Waals surface area contributed by atoms with Crippen LogP contribution in [0.4, 0.5) is 5.69 Å². The lowest BCUT2D eigenvalue weighted by Crippen LogP contribution is -2.52. The molecule has 174 valence electrons. The number of likely N-dealkylation sites (tertiary alicyclic amines) is 1. The molecule has 0 saturated carbocycles. The summed E-state index contributed by atoms with van der Waals surface area (Å²) >= 11 is 0. The Morgan fingerprint density at radius 1 is 1.19 bits per heavy atom. The van der Waals surface area contributed by atoms with Crippen LogP contribution in [0.2, 0.25) is 0 Å². The molecule has 2 saturated heterocycles. The second-order valence-corrected chi connectivity index (χ2v) is 8.04. The lowest BCUT2D eigenvalue weighted by Gasteiger charge is -2.37. The molecule has 8 nitrogen and oxygen atoms in total. The topological polar surface area (TPSA) is 86.4 Å². The molecule has 0 radical (unpaired) electrons. The highest BCUT2D eigenvalue weighted by Gasteiger charge is 2.23. The number of piperidine rings is 1. The van der Waals surface area contributed by atoms with E-state index >= 15 is 0 Å². The van der Waals surface area contributed by atoms with Crippen LogP contribution in [-0.2, 0) is 4.79 Å². The van der Waals surface area contributed by atoms with E-state index in [4.69, 9.17) is 10.5 Å². The number of anilines is 1. The van der Waals surface area contributed by atoms with Crippen LogP contribution in [0, 0.1) is 5.92 Å². The third-order valence-corrected chi connectivity index (χ3v) is 6.07. The summed E-state index contributed by atoms with van der Waals surface area (Å²) in [6, 6.07) is 8.25. The number of hydrogen-bond acceptors (Lipinski definition) is 5. The number of amides is 1. The highest BCUT2D eigenvalue weighted by Crippen LogP contribution is 2.20. The van der Waals surface area contributed by atoms with Crippen molar-refractivity contribution in [3.63, 3.8) is 0 Å². The van der Waals surface area contributed by atoms with E-state index in [9.17, 15) is 4.79 Å². The first-order chi connectivity index (χ1) is 14.6. The normalized spacial score (nSPS) is 20.2. The predicted molar refractivity (Wildman–Crippen MR) is 137 cm³/mol. The van der Waals surface area contributed by atoms with Gasteiger partial charge in [-0.25, -0.2) is 0 Å². The highest BCUT2D eigenvalue weighted by molar-refractivity contribution is 14.0. The van der Waals surface area contributed by atoms with E-state index in [0.29, 0.717) is 0 Å². The molecule has 31 heavy (non-hydrogen) atoms. The number of piperazine rings is 1. The molecule has 0 spiro atoms. The third kappa shape index (κ3) is 7.41. The van der Waals surface area contributed by atoms with Gasteiger partial charge in [-0.3, -0.25) is 9.79 Å². The van der Waals surface area contributed by atoms with Crippen molar-refractivity contribution in [1.82, 2.24) is 15.1 Å². The molecular weight excluding hydrogens is 507 g/mol. The minimum Gasteiger partial charge on any atom is -0.497 e. The molecule has 0 aromatic heterocycles. The van der Waals surface area contributed by atoms with Gasteiger partial charge in [0.25, 0.3) is 0 Å². The lowest BCUT2D eigenvalue weighted by molar-refractivity contribution is -0.123. The van der Waals surface area contributed by atoms with E-state index in [1.807, 2.05) is 19.2 Å². The first-order valence-electron chi connectivity index (χ1n) is 11.0. The Morgan fingerprint density at radius 2 is 1.90 bits per heavy atom. The standard InChI is InChI=1S/C22H36N6O2.HI/c1-24-22(25-10-4-12-26-11-3-5-18(17-26)21(23)29)28-15-13-27(14-16-28)19-6-8-20(30-2)9-7-19;/h6-9,18H,3-5,10-17H2,1-2H3,(H2,23,29)(H,24,25);1H. The number of carbonyl (C=O) groups excluding carboxylic acids is 1. The quantitative estimate of drug-likeness (QED) is 0.235. The molecule has 2 aliphatic heterocycles. The maximum atomic E-state index is 11.4. The minimum atomic E-state index is -0.160. The van der Waals surface area contributed by atoms with E-state index in [1.54, 1.807) is 7.11 Å². The molecule has 1 atom stereocenters. The Hall–Kier alpha value is -1.75. The number of benzene rings is 1. The zero-order valence-electron chi connectivity index (χ0n) is 18.8. The van der Waals surface area contributed by atoms with Crippen LogP contribution in [-0.4, -0.2) is 88.2 Å². The van der Waals surface area contributed by atoms with Crippen LogP contribution in [0.15, 0.2) is 29.3 Å². The molecule has 0 bridgehead atoms. The average Bonchev–Trinajstić information content (AvgIpc) is 2.79. The van der Waals surface area contributed by atoms with Crippen molar-refractivity contribution in [3.8, 4) is 5.75 Å². The van der Waals surface area contributed by atoms with Crippen molar-refractivity contribution < 1.29 is 9.53 Å². The number of methoxy groups -OCH3 is 1. The number of carbonyl (C=O) groups is 1. The van der Waals surface area contributed by atoms with Gasteiger partial charge in [-0.15, -0.1) is 24.0 Å². The van der Waals surface area contributed by atoms with Gasteiger partial charge in [0.05, 0.1) is 13.0 Å². The van der Waals surface area contributed by atoms with E-state index in [1.165, 1.54) is 5.69 Å². The molecule has 2 heterocycles. The van der Waals surface area contributed by atoms with Gasteiger partial charge in [0.1, 0.15) is 5.75 Å². The first-order valence-corrected chi connectivity index (χ1v) is 11.0. The number of ether oxygens (including phenoxy) is 1. The number of rotatable bonds is 7. The lowest BCUT2D eigenvalue weighted by atomic mass is 9.97. The zero-order valence-corrected chi connectivity index (χ0v) is 21.1. The summed E-state index contributed by atoms with van der Waals surface area (Å²) < 4.78 is 5.25. The zero-order chi connectivity index (χ0) is 21.3. The van der Waals surface area contributed by atoms with Gasteiger partial charge >= 0.3 is 0 Å². The molecule has 2 aliphatic rings. The molecule has 1 aromatic carbocycles. The summed E-state index contributed by atoms with van der Waals surface area (Å²) in [6.45, 7) is 7.55. The molecule has 9 heteroatoms. The fourth-order valence-corrected chi connectivity index (χ4v) is 4.30. The highest BCUT2D eigenvalue weighted by atomic mass is 127. The Bertz CT molecular complexity index is 706. The number of guanidine groups is 1. The second-order valence-electron chi connectivity index (χ2n) is 8.04. The summed E-state index contributed by atoms with van der Waals surface area (Å²) in [5.41, 5.74) is 6.71. The van der Waals surface area contributed by atoms with Crippen LogP contribution < -0.4 is 20.7 Å². The molecule has 1 unspecified atom stereocenters. The van der Waals surface area contributed by atoms with Crippen LogP contribution in [0.3, 0.4) is 0 Å². The number of primary amides is 1. The van der Waals surface area contributed by atoms with Crippen molar-refractivity contribution in [2.45, 2.75) is 19.3 Å². The number of nitrogens with zero attached hydrogens (tertiary/aromatic N) is 4. The van der Waals surface area contributed by atoms with Crippen molar-refractivity contribution in [2.24, 2.45) is 16.6 Å². The van der Waals surface area contributed by atoms with Crippen molar-refractivity contribution in [2.75, 3.05) is 71.4 Å². The van der Waals surface area contributed by atoms with E-state index in [2.05, 4.69) is 37.1 Å². The van der Waals surface area contributed by atoms with Gasteiger partial charge in [-0.1, -0.05) is 0 Å². The Morgan fingerprint density at radius 3 is 2.52 bits per heavy atom. The summed E-state index contributed by atoms with van der Waals surface area (Å²) in [7, 11) is 3.54. The molecule has 1 aromatic rings. The molecule has 0 aliphatic carbocycles. The monoisotopic (exact) mass is 544 g/mol. The fraction of sp³-hybridized carbons (Fsp3) is 0.636. The van der Waals surface area contributed by atoms with Crippen LogP contribution in [0.25, 0.3) is 0 Å². The molecular formula is C22H37IN6O2. The Labute approximate surface area is 203 Å². The van der Waals surface area contributed by atoms with Gasteiger partial charge in [0.2, 0.25) is 5.91 Å². The number of nitrogens with one attached hydrogen (secondary N) is 1. The van der Waals surface area contributed by atoms with Gasteiger partial charge in [0, 0.05) is 52.0 Å². The van der Waals surface area contributed by atoms with E-state index in [0.717, 1.165) is 83.3 Å². The van der Waals surface area contributed by atoms with Gasteiger partial charge in [0.15, 0.2) is 5.96 Å². The SMILES string of the molecule is CN=C(NCCCN1CCCC(C(N)=O)C1)N1CCN(c2ccc(OC)cc2)CC1.I. The van der Waals surface area contributed by atoms with Crippen LogP contribution in [0.5, 0.6) is 5.75 Å². The predicted octanol–water partition coefficient (Wildman–Crippen LogP) is 1.60. The van der Waals surface area contributed by atoms with Crippen molar-refractivity contribution in [1.29, 1.82) is 0 Å². The molecule has 2 fully saturated rings. The van der Waals surface area contributed by atoms with Crippen molar-refractivity contribution in [3.05, 3.63) is 24.3 Å². The van der Waals surface area contributed by atoms with Crippen LogP contribution in [0.1, 0.15) is 19.3 Å². The number of nitrogens with two attached hydrogens (primary N) is 1. The number of aliphatic imine (C=N–C) groups is 1. The fourth-order valence-electron chi connectivity index (χ4n) is 4.30. The summed E-state index contributed by atoms with van der Waals surface area (Å²) in [4.78, 5) is 23.0. The third-order valence-electron chi connectivity index (χ3n) is 6.07.